The zero-order valence-electron chi connectivity index (χ0n) is 13.8. The Kier molecular flexibility index (Phi) is 5.90. The minimum atomic E-state index is -4.39. The molecule has 7 heteroatoms. The van der Waals surface area contributed by atoms with Crippen LogP contribution in [0.2, 0.25) is 0 Å². The molecule has 0 aromatic heterocycles. The van der Waals surface area contributed by atoms with Crippen molar-refractivity contribution >= 4 is 5.91 Å². The molecule has 0 atom stereocenters. The van der Waals surface area contributed by atoms with Gasteiger partial charge < -0.3 is 14.8 Å². The predicted octanol–water partition coefficient (Wildman–Crippen LogP) is 3.87. The van der Waals surface area contributed by atoms with E-state index in [0.717, 1.165) is 5.56 Å². The minimum absolute atomic E-state index is 0.0982. The fraction of sp³-hybridized carbons (Fsp3) is 0.278. The van der Waals surface area contributed by atoms with Crippen LogP contribution in [0.4, 0.5) is 13.2 Å². The molecule has 1 N–H and O–H groups in total. The molecule has 0 unspecified atom stereocenters. The highest BCUT2D eigenvalue weighted by molar-refractivity contribution is 5.94. The maximum Gasteiger partial charge on any atom is 0.422 e. The monoisotopic (exact) mass is 353 g/mol. The molecule has 2 rings (SSSR count). The van der Waals surface area contributed by atoms with Crippen LogP contribution in [0.3, 0.4) is 0 Å². The number of aryl methyl sites for hydroxylation is 1. The molecule has 0 radical (unpaired) electrons. The topological polar surface area (TPSA) is 47.6 Å². The normalized spacial score (nSPS) is 11.1. The number of nitrogens with one attached hydrogen (secondary N) is 1. The summed E-state index contributed by atoms with van der Waals surface area (Å²) in [5, 5.41) is 2.71. The van der Waals surface area contributed by atoms with Crippen molar-refractivity contribution in [1.29, 1.82) is 0 Å². The van der Waals surface area contributed by atoms with E-state index < -0.39 is 12.8 Å². The summed E-state index contributed by atoms with van der Waals surface area (Å²) in [6.07, 6.45) is -4.39. The van der Waals surface area contributed by atoms with Gasteiger partial charge in [0.2, 0.25) is 0 Å². The minimum Gasteiger partial charge on any atom is -0.496 e. The summed E-state index contributed by atoms with van der Waals surface area (Å²) in [7, 11) is 1.52. The van der Waals surface area contributed by atoms with Gasteiger partial charge in [-0.15, -0.1) is 0 Å². The second-order valence-electron chi connectivity index (χ2n) is 5.42. The van der Waals surface area contributed by atoms with E-state index >= 15 is 0 Å². The quantitative estimate of drug-likeness (QED) is 0.857. The Morgan fingerprint density at radius 3 is 2.60 bits per heavy atom. The Hall–Kier alpha value is -2.70. The van der Waals surface area contributed by atoms with Crippen LogP contribution in [-0.2, 0) is 6.54 Å². The molecule has 2 aromatic carbocycles. The highest BCUT2D eigenvalue weighted by Crippen LogP contribution is 2.20. The predicted molar refractivity (Wildman–Crippen MR) is 86.9 cm³/mol. The summed E-state index contributed by atoms with van der Waals surface area (Å²) in [5.74, 6) is 0.399. The van der Waals surface area contributed by atoms with E-state index in [-0.39, 0.29) is 18.2 Å². The molecule has 0 aliphatic rings. The molecule has 2 aromatic rings. The first-order chi connectivity index (χ1) is 11.8. The van der Waals surface area contributed by atoms with Crippen molar-refractivity contribution in [2.24, 2.45) is 0 Å². The third kappa shape index (κ3) is 5.70. The zero-order valence-corrected chi connectivity index (χ0v) is 13.8. The molecule has 0 aliphatic carbocycles. The van der Waals surface area contributed by atoms with Gasteiger partial charge in [-0.05, 0) is 42.3 Å². The van der Waals surface area contributed by atoms with Gasteiger partial charge in [0.25, 0.3) is 5.91 Å². The third-order valence-electron chi connectivity index (χ3n) is 3.42. The molecule has 134 valence electrons. The van der Waals surface area contributed by atoms with Crippen LogP contribution < -0.4 is 14.8 Å². The Bertz CT molecular complexity index is 745. The lowest BCUT2D eigenvalue weighted by Gasteiger charge is -2.11. The van der Waals surface area contributed by atoms with Crippen molar-refractivity contribution in [3.63, 3.8) is 0 Å². The second kappa shape index (κ2) is 7.92. The standard InChI is InChI=1S/C18H18F3NO3/c1-12-6-7-14(9-16(12)24-2)17(23)22-10-13-4-3-5-15(8-13)25-11-18(19,20)21/h3-9H,10-11H2,1-2H3,(H,22,23). The number of halogens is 3. The summed E-state index contributed by atoms with van der Waals surface area (Å²) >= 11 is 0. The molecule has 0 heterocycles. The van der Waals surface area contributed by atoms with Gasteiger partial charge in [-0.1, -0.05) is 18.2 Å². The average molecular weight is 353 g/mol. The second-order valence-corrected chi connectivity index (χ2v) is 5.42. The molecular weight excluding hydrogens is 335 g/mol. The van der Waals surface area contributed by atoms with Crippen molar-refractivity contribution in [2.75, 3.05) is 13.7 Å². The van der Waals surface area contributed by atoms with Gasteiger partial charge in [0.15, 0.2) is 6.61 Å². The van der Waals surface area contributed by atoms with Gasteiger partial charge in [0, 0.05) is 12.1 Å². The fourth-order valence-electron chi connectivity index (χ4n) is 2.16. The van der Waals surface area contributed by atoms with Gasteiger partial charge in [-0.3, -0.25) is 4.79 Å². The maximum absolute atomic E-state index is 12.2. The maximum atomic E-state index is 12.2. The molecule has 1 amide bonds. The Morgan fingerprint density at radius 2 is 1.92 bits per heavy atom. The van der Waals surface area contributed by atoms with E-state index in [2.05, 4.69) is 5.32 Å². The van der Waals surface area contributed by atoms with E-state index in [4.69, 9.17) is 9.47 Å². The van der Waals surface area contributed by atoms with E-state index in [9.17, 15) is 18.0 Å². The number of hydrogen-bond donors (Lipinski definition) is 1. The first-order valence-corrected chi connectivity index (χ1v) is 7.50. The van der Waals surface area contributed by atoms with Crippen LogP contribution in [0, 0.1) is 6.92 Å². The number of carbonyl (C=O) groups excluding carboxylic acids is 1. The summed E-state index contributed by atoms with van der Waals surface area (Å²) in [5.41, 5.74) is 1.98. The van der Waals surface area contributed by atoms with Crippen LogP contribution in [-0.4, -0.2) is 25.8 Å². The largest absolute Gasteiger partial charge is 0.496 e. The Balaban J connectivity index is 1.98. The molecule has 0 bridgehead atoms. The first kappa shape index (κ1) is 18.6. The first-order valence-electron chi connectivity index (χ1n) is 7.50. The molecule has 0 fully saturated rings. The van der Waals surface area contributed by atoms with Crippen molar-refractivity contribution in [1.82, 2.24) is 5.32 Å². The molecule has 25 heavy (non-hydrogen) atoms. The van der Waals surface area contributed by atoms with E-state index in [1.54, 1.807) is 30.3 Å². The van der Waals surface area contributed by atoms with Crippen LogP contribution in [0.5, 0.6) is 11.5 Å². The number of ether oxygens (including phenoxy) is 2. The van der Waals surface area contributed by atoms with Crippen molar-refractivity contribution in [3.05, 3.63) is 59.2 Å². The molecule has 0 aliphatic heterocycles. The van der Waals surface area contributed by atoms with Crippen molar-refractivity contribution in [2.45, 2.75) is 19.6 Å². The number of hydrogen-bond acceptors (Lipinski definition) is 3. The molecule has 0 saturated heterocycles. The summed E-state index contributed by atoms with van der Waals surface area (Å²) in [6, 6.07) is 11.2. The summed E-state index contributed by atoms with van der Waals surface area (Å²) < 4.78 is 46.4. The number of rotatable bonds is 6. The van der Waals surface area contributed by atoms with Crippen LogP contribution in [0.25, 0.3) is 0 Å². The Labute approximate surface area is 143 Å². The summed E-state index contributed by atoms with van der Waals surface area (Å²) in [4.78, 5) is 12.2. The van der Waals surface area contributed by atoms with Gasteiger partial charge in [0.05, 0.1) is 7.11 Å². The zero-order chi connectivity index (χ0) is 18.4. The lowest BCUT2D eigenvalue weighted by Crippen LogP contribution is -2.23. The highest BCUT2D eigenvalue weighted by atomic mass is 19.4. The van der Waals surface area contributed by atoms with Crippen LogP contribution in [0.1, 0.15) is 21.5 Å². The number of amides is 1. The van der Waals surface area contributed by atoms with Gasteiger partial charge in [-0.25, -0.2) is 0 Å². The number of carbonyl (C=O) groups is 1. The van der Waals surface area contributed by atoms with E-state index in [0.29, 0.717) is 16.9 Å². The smallest absolute Gasteiger partial charge is 0.422 e. The van der Waals surface area contributed by atoms with E-state index in [1.807, 2.05) is 6.92 Å². The molecular formula is C18H18F3NO3. The Morgan fingerprint density at radius 1 is 1.16 bits per heavy atom. The third-order valence-corrected chi connectivity index (χ3v) is 3.42. The molecule has 0 saturated carbocycles. The summed E-state index contributed by atoms with van der Waals surface area (Å²) in [6.45, 7) is 0.678. The number of alkyl halides is 3. The fourth-order valence-corrected chi connectivity index (χ4v) is 2.16. The SMILES string of the molecule is COc1cc(C(=O)NCc2cccc(OCC(F)(F)F)c2)ccc1C. The highest BCUT2D eigenvalue weighted by Gasteiger charge is 2.28. The molecule has 4 nitrogen and oxygen atoms in total. The van der Waals surface area contributed by atoms with Gasteiger partial charge >= 0.3 is 6.18 Å². The average Bonchev–Trinajstić information content (AvgIpc) is 2.58. The lowest BCUT2D eigenvalue weighted by atomic mass is 10.1. The van der Waals surface area contributed by atoms with Crippen molar-refractivity contribution in [3.8, 4) is 11.5 Å². The van der Waals surface area contributed by atoms with Gasteiger partial charge in [0.1, 0.15) is 11.5 Å². The number of methoxy groups -OCH3 is 1. The van der Waals surface area contributed by atoms with Crippen LogP contribution in [0.15, 0.2) is 42.5 Å². The van der Waals surface area contributed by atoms with Crippen molar-refractivity contribution < 1.29 is 27.4 Å². The number of benzene rings is 2. The van der Waals surface area contributed by atoms with E-state index in [1.165, 1.54) is 19.2 Å². The van der Waals surface area contributed by atoms with Gasteiger partial charge in [-0.2, -0.15) is 13.2 Å². The lowest BCUT2D eigenvalue weighted by molar-refractivity contribution is -0.153. The van der Waals surface area contributed by atoms with Crippen LogP contribution >= 0.6 is 0 Å². The molecule has 0 spiro atoms.